The highest BCUT2D eigenvalue weighted by atomic mass is 16.8. The fraction of sp³-hybridized carbons (Fsp3) is 0.727. The fourth-order valence-electron chi connectivity index (χ4n) is 1.56. The fourth-order valence-corrected chi connectivity index (χ4v) is 1.56. The van der Waals surface area contributed by atoms with E-state index in [1.54, 1.807) is 6.92 Å². The van der Waals surface area contributed by atoms with Crippen LogP contribution in [0.1, 0.15) is 13.8 Å². The van der Waals surface area contributed by atoms with E-state index in [1.165, 1.54) is 0 Å². The summed E-state index contributed by atoms with van der Waals surface area (Å²) in [7, 11) is 1.88. The van der Waals surface area contributed by atoms with Gasteiger partial charge in [-0.25, -0.2) is 4.79 Å². The lowest BCUT2D eigenvalue weighted by Crippen LogP contribution is -2.61. The van der Waals surface area contributed by atoms with Gasteiger partial charge in [0.1, 0.15) is 13.6 Å². The molecule has 5 heteroatoms. The van der Waals surface area contributed by atoms with E-state index in [0.29, 0.717) is 25.3 Å². The van der Waals surface area contributed by atoms with Crippen molar-refractivity contribution in [1.82, 2.24) is 5.01 Å². The Labute approximate surface area is 96.7 Å². The van der Waals surface area contributed by atoms with Gasteiger partial charge in [-0.15, -0.1) is 5.01 Å². The lowest BCUT2D eigenvalue weighted by atomic mass is 10.4. The van der Waals surface area contributed by atoms with Gasteiger partial charge in [0.25, 0.3) is 0 Å². The maximum Gasteiger partial charge on any atom is 0.395 e. The standard InChI is InChI=1S/C11H21N2O3/c1-5-13(4,16-11(14)10(2)3)12-6-8-15-9-7-12/h2,5-9H2,1,3-4H3/q+1. The molecule has 92 valence electrons. The molecule has 1 rings (SSSR count). The van der Waals surface area contributed by atoms with Crippen molar-refractivity contribution in [3.8, 4) is 0 Å². The van der Waals surface area contributed by atoms with Gasteiger partial charge in [-0.3, -0.25) is 4.84 Å². The smallest absolute Gasteiger partial charge is 0.378 e. The van der Waals surface area contributed by atoms with E-state index in [-0.39, 0.29) is 10.7 Å². The summed E-state index contributed by atoms with van der Waals surface area (Å²) >= 11 is 0. The van der Waals surface area contributed by atoms with Crippen molar-refractivity contribution in [2.24, 2.45) is 0 Å². The molecule has 1 atom stereocenters. The molecular weight excluding hydrogens is 208 g/mol. The highest BCUT2D eigenvalue weighted by molar-refractivity contribution is 5.86. The van der Waals surface area contributed by atoms with Crippen molar-refractivity contribution in [1.29, 1.82) is 0 Å². The number of carbonyl (C=O) groups is 1. The number of quaternary nitrogens is 1. The first kappa shape index (κ1) is 13.2. The van der Waals surface area contributed by atoms with E-state index < -0.39 is 0 Å². The third kappa shape index (κ3) is 3.04. The van der Waals surface area contributed by atoms with Crippen molar-refractivity contribution in [2.75, 3.05) is 39.9 Å². The van der Waals surface area contributed by atoms with E-state index in [0.717, 1.165) is 13.1 Å². The largest absolute Gasteiger partial charge is 0.395 e. The first-order valence-electron chi connectivity index (χ1n) is 5.57. The number of hydrogen-bond donors (Lipinski definition) is 0. The number of rotatable bonds is 4. The Kier molecular flexibility index (Phi) is 4.46. The van der Waals surface area contributed by atoms with Crippen LogP contribution in [0, 0.1) is 0 Å². The molecule has 0 radical (unpaired) electrons. The Morgan fingerprint density at radius 3 is 2.50 bits per heavy atom. The summed E-state index contributed by atoms with van der Waals surface area (Å²) in [6.45, 7) is 10.8. The summed E-state index contributed by atoms with van der Waals surface area (Å²) in [4.78, 5) is 17.0. The molecule has 1 heterocycles. The van der Waals surface area contributed by atoms with Crippen LogP contribution in [0.15, 0.2) is 12.2 Å². The molecule has 16 heavy (non-hydrogen) atoms. The molecule has 0 N–H and O–H groups in total. The lowest BCUT2D eigenvalue weighted by Gasteiger charge is -2.39. The van der Waals surface area contributed by atoms with Crippen LogP contribution in [0.5, 0.6) is 0 Å². The number of morpholine rings is 1. The molecule has 1 fully saturated rings. The average molecular weight is 229 g/mol. The first-order valence-corrected chi connectivity index (χ1v) is 5.57. The minimum Gasteiger partial charge on any atom is -0.378 e. The third-order valence-electron chi connectivity index (χ3n) is 2.80. The molecule has 0 spiro atoms. The summed E-state index contributed by atoms with van der Waals surface area (Å²) in [5, 5.41) is 2.09. The van der Waals surface area contributed by atoms with E-state index >= 15 is 0 Å². The SMILES string of the molecule is C=C(C)C(=O)O[N+](C)(CC)N1CCOCC1. The summed E-state index contributed by atoms with van der Waals surface area (Å²) in [6, 6.07) is 0. The first-order chi connectivity index (χ1) is 7.49. The van der Waals surface area contributed by atoms with Crippen molar-refractivity contribution in [3.05, 3.63) is 12.2 Å². The summed E-state index contributed by atoms with van der Waals surface area (Å²) in [5.41, 5.74) is 0.422. The Bertz CT molecular complexity index is 274. The Hall–Kier alpha value is -0.910. The Morgan fingerprint density at radius 1 is 1.50 bits per heavy atom. The molecule has 0 amide bonds. The second-order valence-corrected chi connectivity index (χ2v) is 4.09. The quantitative estimate of drug-likeness (QED) is 0.405. The molecule has 0 bridgehead atoms. The molecule has 1 aliphatic rings. The van der Waals surface area contributed by atoms with Crippen LogP contribution >= 0.6 is 0 Å². The molecule has 0 aromatic heterocycles. The molecule has 1 aliphatic heterocycles. The van der Waals surface area contributed by atoms with Gasteiger partial charge in [0.05, 0.1) is 26.3 Å². The van der Waals surface area contributed by atoms with Crippen LogP contribution in [-0.2, 0) is 14.4 Å². The van der Waals surface area contributed by atoms with Crippen molar-refractivity contribution in [2.45, 2.75) is 13.8 Å². The van der Waals surface area contributed by atoms with Gasteiger partial charge in [0.2, 0.25) is 0 Å². The van der Waals surface area contributed by atoms with Crippen molar-refractivity contribution in [3.63, 3.8) is 0 Å². The monoisotopic (exact) mass is 229 g/mol. The van der Waals surface area contributed by atoms with Crippen molar-refractivity contribution < 1.29 is 19.1 Å². The second kappa shape index (κ2) is 5.43. The molecule has 0 aromatic rings. The predicted molar refractivity (Wildman–Crippen MR) is 60.0 cm³/mol. The zero-order valence-electron chi connectivity index (χ0n) is 10.4. The number of hydrogen-bond acceptors (Lipinski definition) is 4. The number of hydroxylamine groups is 2. The Morgan fingerprint density at radius 2 is 2.06 bits per heavy atom. The summed E-state index contributed by atoms with van der Waals surface area (Å²) < 4.78 is 5.44. The normalized spacial score (nSPS) is 21.2. The van der Waals surface area contributed by atoms with Gasteiger partial charge in [-0.2, -0.15) is 0 Å². The summed E-state index contributed by atoms with van der Waals surface area (Å²) in [5.74, 6) is -0.351. The van der Waals surface area contributed by atoms with Crippen LogP contribution in [0.4, 0.5) is 0 Å². The number of carbonyl (C=O) groups excluding carboxylic acids is 1. The van der Waals surface area contributed by atoms with Crippen LogP contribution in [0.2, 0.25) is 0 Å². The zero-order valence-corrected chi connectivity index (χ0v) is 10.4. The zero-order chi connectivity index (χ0) is 12.2. The number of nitrogens with zero attached hydrogens (tertiary/aromatic N) is 2. The second-order valence-electron chi connectivity index (χ2n) is 4.09. The maximum atomic E-state index is 11.6. The highest BCUT2D eigenvalue weighted by Crippen LogP contribution is 2.14. The van der Waals surface area contributed by atoms with Crippen molar-refractivity contribution >= 4 is 5.97 Å². The van der Waals surface area contributed by atoms with Crippen LogP contribution in [0.3, 0.4) is 0 Å². The third-order valence-corrected chi connectivity index (χ3v) is 2.80. The molecule has 0 aliphatic carbocycles. The topological polar surface area (TPSA) is 38.8 Å². The summed E-state index contributed by atoms with van der Waals surface area (Å²) in [6.07, 6.45) is 0. The van der Waals surface area contributed by atoms with Crippen LogP contribution in [0.25, 0.3) is 0 Å². The minimum absolute atomic E-state index is 0.162. The van der Waals surface area contributed by atoms with E-state index in [4.69, 9.17) is 9.57 Å². The van der Waals surface area contributed by atoms with Gasteiger partial charge in [0, 0.05) is 5.57 Å². The van der Waals surface area contributed by atoms with Gasteiger partial charge in [-0.05, 0) is 13.8 Å². The molecular formula is C11H21N2O3+. The maximum absolute atomic E-state index is 11.6. The van der Waals surface area contributed by atoms with Crippen LogP contribution in [-0.4, -0.2) is 55.6 Å². The van der Waals surface area contributed by atoms with Gasteiger partial charge < -0.3 is 4.74 Å². The molecule has 1 unspecified atom stereocenters. The molecule has 0 saturated carbocycles. The van der Waals surface area contributed by atoms with Gasteiger partial charge >= 0.3 is 5.97 Å². The number of ether oxygens (including phenoxy) is 1. The van der Waals surface area contributed by atoms with Gasteiger partial charge in [0.15, 0.2) is 0 Å². The molecule has 5 nitrogen and oxygen atoms in total. The van der Waals surface area contributed by atoms with E-state index in [2.05, 4.69) is 11.6 Å². The predicted octanol–water partition coefficient (Wildman–Crippen LogP) is 0.734. The van der Waals surface area contributed by atoms with E-state index in [1.807, 2.05) is 14.0 Å². The molecule has 0 aromatic carbocycles. The Balaban J connectivity index is 2.67. The average Bonchev–Trinajstić information content (AvgIpc) is 2.29. The van der Waals surface area contributed by atoms with E-state index in [9.17, 15) is 4.79 Å². The van der Waals surface area contributed by atoms with Crippen LogP contribution < -0.4 is 0 Å². The lowest BCUT2D eigenvalue weighted by molar-refractivity contribution is -1.16. The molecule has 1 saturated heterocycles. The minimum atomic E-state index is -0.351. The highest BCUT2D eigenvalue weighted by Gasteiger charge is 2.35. The van der Waals surface area contributed by atoms with Gasteiger partial charge in [-0.1, -0.05) is 11.3 Å².